The van der Waals surface area contributed by atoms with Gasteiger partial charge in [-0.25, -0.2) is 0 Å². The third kappa shape index (κ3) is 8.38. The molecule has 3 aromatic carbocycles. The molecule has 9 rings (SSSR count). The minimum atomic E-state index is -0.102. The molecule has 0 saturated carbocycles. The van der Waals surface area contributed by atoms with Crippen molar-refractivity contribution in [3.8, 4) is 34.3 Å². The Balaban J connectivity index is 0.000000161. The van der Waals surface area contributed by atoms with Crippen LogP contribution in [0.3, 0.4) is 0 Å². The summed E-state index contributed by atoms with van der Waals surface area (Å²) < 4.78 is 38.4. The molecule has 11 heteroatoms. The van der Waals surface area contributed by atoms with Crippen molar-refractivity contribution in [3.63, 3.8) is 0 Å². The molecule has 292 valence electrons. The number of hydrogen-bond donors (Lipinski definition) is 0. The molecule has 2 fully saturated rings. The maximum Gasteiger partial charge on any atom is 0.197 e. The van der Waals surface area contributed by atoms with Gasteiger partial charge in [0.05, 0.1) is 51.0 Å². The first kappa shape index (κ1) is 38.2. The van der Waals surface area contributed by atoms with E-state index in [-0.39, 0.29) is 23.1 Å². The summed E-state index contributed by atoms with van der Waals surface area (Å²) in [4.78, 5) is 27.6. The summed E-state index contributed by atoms with van der Waals surface area (Å²) in [6.45, 7) is 11.7. The highest BCUT2D eigenvalue weighted by atomic mass is 32.2. The number of pyridine rings is 2. The molecule has 0 aliphatic carbocycles. The molecule has 2 saturated heterocycles. The minimum Gasteiger partial charge on any atom is -0.476 e. The van der Waals surface area contributed by atoms with Gasteiger partial charge in [0.25, 0.3) is 0 Å². The van der Waals surface area contributed by atoms with Crippen LogP contribution in [-0.4, -0.2) is 74.2 Å². The van der Waals surface area contributed by atoms with Crippen molar-refractivity contribution in [2.45, 2.75) is 68.7 Å². The van der Waals surface area contributed by atoms with Gasteiger partial charge in [0, 0.05) is 57.3 Å². The van der Waals surface area contributed by atoms with Crippen molar-refractivity contribution in [1.82, 2.24) is 9.13 Å². The van der Waals surface area contributed by atoms with Gasteiger partial charge in [-0.1, -0.05) is 59.8 Å². The van der Waals surface area contributed by atoms with Gasteiger partial charge in [0.2, 0.25) is 0 Å². The van der Waals surface area contributed by atoms with Crippen molar-refractivity contribution in [1.29, 1.82) is 0 Å². The molecule has 2 atom stereocenters. The molecule has 4 aliphatic heterocycles. The normalized spacial score (nSPS) is 18.3. The van der Waals surface area contributed by atoms with Gasteiger partial charge in [-0.05, 0) is 69.0 Å². The number of nitrogens with zero attached hydrogens (tertiary/aromatic N) is 2. The smallest absolute Gasteiger partial charge is 0.197 e. The Hall–Kier alpha value is -4.65. The SMILES string of the molecule is Cc1c2n(c(OC[C@@H]3COCCO3)cc1=O)CCc1cc(Sc3ccccc3)ccc1-2.Cc1ccc2c(c1)CCn1c(OC[C@@H]3COCCO3)cc(=O)c(C)c1-2. The number of rotatable bonds is 8. The summed E-state index contributed by atoms with van der Waals surface area (Å²) in [5.74, 6) is 1.22. The first-order valence-corrected chi connectivity index (χ1v) is 20.2. The quantitative estimate of drug-likeness (QED) is 0.168. The summed E-state index contributed by atoms with van der Waals surface area (Å²) >= 11 is 1.76. The maximum absolute atomic E-state index is 12.7. The number of ether oxygens (including phenoxy) is 6. The Bertz CT molecular complexity index is 2310. The lowest BCUT2D eigenvalue weighted by Gasteiger charge is -2.28. The fourth-order valence-corrected chi connectivity index (χ4v) is 8.68. The predicted molar refractivity (Wildman–Crippen MR) is 217 cm³/mol. The second kappa shape index (κ2) is 17.2. The van der Waals surface area contributed by atoms with E-state index in [0.717, 1.165) is 59.6 Å². The van der Waals surface area contributed by atoms with Crippen LogP contribution in [0.1, 0.15) is 27.8 Å². The van der Waals surface area contributed by atoms with E-state index >= 15 is 0 Å². The molecule has 0 amide bonds. The zero-order valence-corrected chi connectivity index (χ0v) is 33.0. The van der Waals surface area contributed by atoms with Crippen LogP contribution in [0.5, 0.6) is 11.8 Å². The van der Waals surface area contributed by atoms with Crippen LogP contribution < -0.4 is 20.3 Å². The number of benzene rings is 3. The molecule has 4 aliphatic rings. The summed E-state index contributed by atoms with van der Waals surface area (Å²) in [6, 6.07) is 26.5. The van der Waals surface area contributed by atoms with E-state index in [4.69, 9.17) is 28.4 Å². The summed E-state index contributed by atoms with van der Waals surface area (Å²) in [5.41, 5.74) is 9.53. The average molecular weight is 777 g/mol. The standard InChI is InChI=1S/C25H25NO4S.C20H23NO4/c1-17-23(27)14-24(30-16-19-15-28-11-12-29-19)26-10-9-18-13-21(7-8-22(18)25(17)26)31-20-5-3-2-4-6-20;1-13-3-4-17-15(9-13)5-6-21-19(10-18(22)14(2)20(17)21)25-12-16-11-23-7-8-24-16/h2-8,13-14,19H,9-12,15-16H2,1H3;3-4,9-10,16H,5-8,11-12H2,1-2H3/t19-;16-/m00/s1. The topological polar surface area (TPSA) is 99.4 Å². The highest BCUT2D eigenvalue weighted by Gasteiger charge is 2.25. The number of aromatic nitrogens is 2. The Morgan fingerprint density at radius 1 is 0.625 bits per heavy atom. The number of aryl methyl sites for hydroxylation is 3. The van der Waals surface area contributed by atoms with E-state index in [1.165, 1.54) is 26.5 Å². The maximum atomic E-state index is 12.7. The highest BCUT2D eigenvalue weighted by molar-refractivity contribution is 7.99. The molecule has 0 N–H and O–H groups in total. The van der Waals surface area contributed by atoms with Crippen LogP contribution in [-0.2, 0) is 44.9 Å². The molecule has 56 heavy (non-hydrogen) atoms. The van der Waals surface area contributed by atoms with Crippen LogP contribution in [0.25, 0.3) is 22.5 Å². The third-order valence-electron chi connectivity index (χ3n) is 10.7. The van der Waals surface area contributed by atoms with Crippen LogP contribution in [0, 0.1) is 20.8 Å². The van der Waals surface area contributed by atoms with Crippen LogP contribution in [0.2, 0.25) is 0 Å². The first-order valence-electron chi connectivity index (χ1n) is 19.4. The molecule has 0 spiro atoms. The van der Waals surface area contributed by atoms with Gasteiger partial charge in [-0.3, -0.25) is 9.59 Å². The first-order chi connectivity index (χ1) is 27.3. The molecule has 0 unspecified atom stereocenters. The number of fused-ring (bicyclic) bond motifs is 6. The van der Waals surface area contributed by atoms with Gasteiger partial charge < -0.3 is 37.6 Å². The van der Waals surface area contributed by atoms with Gasteiger partial charge in [-0.15, -0.1) is 0 Å². The Kier molecular flexibility index (Phi) is 11.8. The molecule has 6 heterocycles. The van der Waals surface area contributed by atoms with Crippen molar-refractivity contribution in [3.05, 3.63) is 127 Å². The molecular formula is C45H48N2O8S. The molecular weight excluding hydrogens is 729 g/mol. The summed E-state index contributed by atoms with van der Waals surface area (Å²) in [7, 11) is 0. The van der Waals surface area contributed by atoms with Gasteiger partial charge in [0.15, 0.2) is 22.6 Å². The lowest BCUT2D eigenvalue weighted by atomic mass is 9.93. The van der Waals surface area contributed by atoms with E-state index in [2.05, 4.69) is 76.7 Å². The molecule has 10 nitrogen and oxygen atoms in total. The van der Waals surface area contributed by atoms with E-state index in [0.29, 0.717) is 64.6 Å². The van der Waals surface area contributed by atoms with Crippen molar-refractivity contribution in [2.24, 2.45) is 0 Å². The van der Waals surface area contributed by atoms with Gasteiger partial charge in [-0.2, -0.15) is 0 Å². The minimum absolute atomic E-state index is 0.00218. The van der Waals surface area contributed by atoms with Crippen molar-refractivity contribution >= 4 is 11.8 Å². The zero-order chi connectivity index (χ0) is 38.6. The lowest BCUT2D eigenvalue weighted by molar-refractivity contribution is -0.102. The van der Waals surface area contributed by atoms with Crippen LogP contribution >= 0.6 is 11.8 Å². The van der Waals surface area contributed by atoms with E-state index < -0.39 is 0 Å². The lowest BCUT2D eigenvalue weighted by Crippen LogP contribution is -2.34. The molecule has 0 radical (unpaired) electrons. The highest BCUT2D eigenvalue weighted by Crippen LogP contribution is 2.38. The van der Waals surface area contributed by atoms with E-state index in [1.807, 2.05) is 19.9 Å². The van der Waals surface area contributed by atoms with Gasteiger partial charge >= 0.3 is 0 Å². The Labute approximate surface area is 331 Å². The van der Waals surface area contributed by atoms with Crippen molar-refractivity contribution < 1.29 is 28.4 Å². The second-order valence-electron chi connectivity index (χ2n) is 14.6. The largest absolute Gasteiger partial charge is 0.476 e. The van der Waals surface area contributed by atoms with E-state index in [1.54, 1.807) is 23.9 Å². The molecule has 5 aromatic rings. The fourth-order valence-electron chi connectivity index (χ4n) is 7.78. The fraction of sp³-hybridized carbons (Fsp3) is 0.378. The monoisotopic (exact) mass is 776 g/mol. The predicted octanol–water partition coefficient (Wildman–Crippen LogP) is 6.81. The summed E-state index contributed by atoms with van der Waals surface area (Å²) in [6.07, 6.45) is 1.65. The zero-order valence-electron chi connectivity index (χ0n) is 32.2. The second-order valence-corrected chi connectivity index (χ2v) is 15.7. The van der Waals surface area contributed by atoms with Gasteiger partial charge in [0.1, 0.15) is 25.4 Å². The summed E-state index contributed by atoms with van der Waals surface area (Å²) in [5, 5.41) is 0. The van der Waals surface area contributed by atoms with E-state index in [9.17, 15) is 9.59 Å². The molecule has 0 bridgehead atoms. The average Bonchev–Trinajstić information content (AvgIpc) is 3.23. The number of hydrogen-bond acceptors (Lipinski definition) is 9. The Morgan fingerprint density at radius 3 is 1.70 bits per heavy atom. The van der Waals surface area contributed by atoms with Crippen LogP contribution in [0.15, 0.2) is 98.2 Å². The Morgan fingerprint density at radius 2 is 1.16 bits per heavy atom. The van der Waals surface area contributed by atoms with Crippen molar-refractivity contribution in [2.75, 3.05) is 52.9 Å². The van der Waals surface area contributed by atoms with Crippen LogP contribution in [0.4, 0.5) is 0 Å². The third-order valence-corrected chi connectivity index (χ3v) is 11.7. The molecule has 2 aromatic heterocycles.